The van der Waals surface area contributed by atoms with Crippen molar-refractivity contribution in [2.24, 2.45) is 28.6 Å². The van der Waals surface area contributed by atoms with Gasteiger partial charge < -0.3 is 9.47 Å². The molecular weight excluding hydrogens is 376 g/mol. The van der Waals surface area contributed by atoms with E-state index < -0.39 is 0 Å². The topological polar surface area (TPSA) is 52.6 Å². The van der Waals surface area contributed by atoms with Crippen molar-refractivity contribution < 1.29 is 19.1 Å². The number of carbonyl (C=O) groups excluding carboxylic acids is 2. The summed E-state index contributed by atoms with van der Waals surface area (Å²) in [6.07, 6.45) is 12.1. The lowest BCUT2D eigenvalue weighted by atomic mass is 9.47. The van der Waals surface area contributed by atoms with Gasteiger partial charge in [-0.2, -0.15) is 0 Å². The molecule has 4 heteroatoms. The van der Waals surface area contributed by atoms with Crippen molar-refractivity contribution in [1.82, 2.24) is 0 Å². The highest BCUT2D eigenvalue weighted by Gasteiger charge is 2.64. The molecule has 7 atom stereocenters. The van der Waals surface area contributed by atoms with Crippen LogP contribution in [0, 0.1) is 28.6 Å². The first-order valence-electron chi connectivity index (χ1n) is 12.3. The van der Waals surface area contributed by atoms with Gasteiger partial charge in [-0.1, -0.05) is 39.3 Å². The van der Waals surface area contributed by atoms with Crippen molar-refractivity contribution in [3.05, 3.63) is 11.6 Å². The second-order valence-electron chi connectivity index (χ2n) is 11.0. The van der Waals surface area contributed by atoms with E-state index in [0.717, 1.165) is 38.5 Å². The van der Waals surface area contributed by atoms with E-state index in [-0.39, 0.29) is 34.5 Å². The minimum Gasteiger partial charge on any atom is -0.462 e. The summed E-state index contributed by atoms with van der Waals surface area (Å²) >= 11 is 0. The van der Waals surface area contributed by atoms with Gasteiger partial charge >= 0.3 is 11.9 Å². The van der Waals surface area contributed by atoms with Gasteiger partial charge in [0.25, 0.3) is 0 Å². The summed E-state index contributed by atoms with van der Waals surface area (Å²) < 4.78 is 11.8. The largest absolute Gasteiger partial charge is 0.462 e. The zero-order valence-electron chi connectivity index (χ0n) is 19.6. The summed E-state index contributed by atoms with van der Waals surface area (Å²) in [5.74, 6) is 1.87. The number of carbonyl (C=O) groups is 2. The van der Waals surface area contributed by atoms with Crippen LogP contribution in [0.15, 0.2) is 11.6 Å². The summed E-state index contributed by atoms with van der Waals surface area (Å²) in [6, 6.07) is 0. The Balaban J connectivity index is 1.55. The minimum atomic E-state index is -0.327. The molecular formula is C26H40O4. The van der Waals surface area contributed by atoms with E-state index in [4.69, 9.17) is 9.47 Å². The molecule has 30 heavy (non-hydrogen) atoms. The molecule has 0 bridgehead atoms. The first kappa shape index (κ1) is 21.9. The van der Waals surface area contributed by atoms with Gasteiger partial charge in [-0.3, -0.25) is 9.59 Å². The molecule has 4 rings (SSSR count). The number of fused-ring (bicyclic) bond motifs is 5. The smallest absolute Gasteiger partial charge is 0.306 e. The van der Waals surface area contributed by atoms with E-state index >= 15 is 0 Å². The maximum atomic E-state index is 12.2. The van der Waals surface area contributed by atoms with Gasteiger partial charge in [0.1, 0.15) is 11.7 Å². The van der Waals surface area contributed by atoms with Crippen molar-refractivity contribution in [2.45, 2.75) is 111 Å². The Morgan fingerprint density at radius 3 is 2.37 bits per heavy atom. The third-order valence-electron chi connectivity index (χ3n) is 9.80. The van der Waals surface area contributed by atoms with Gasteiger partial charge in [0.05, 0.1) is 0 Å². The first-order chi connectivity index (χ1) is 14.2. The summed E-state index contributed by atoms with van der Waals surface area (Å²) in [7, 11) is 0. The summed E-state index contributed by atoms with van der Waals surface area (Å²) in [5.41, 5.74) is 1.52. The van der Waals surface area contributed by atoms with Crippen LogP contribution < -0.4 is 0 Å². The van der Waals surface area contributed by atoms with Crippen molar-refractivity contribution >= 4 is 11.9 Å². The maximum Gasteiger partial charge on any atom is 0.306 e. The average Bonchev–Trinajstić information content (AvgIpc) is 2.98. The fourth-order valence-corrected chi connectivity index (χ4v) is 7.71. The lowest BCUT2D eigenvalue weighted by Crippen LogP contribution is -2.55. The van der Waals surface area contributed by atoms with Gasteiger partial charge in [0, 0.05) is 24.7 Å². The van der Waals surface area contributed by atoms with Crippen LogP contribution in [0.5, 0.6) is 0 Å². The van der Waals surface area contributed by atoms with Crippen LogP contribution in [-0.4, -0.2) is 23.6 Å². The number of esters is 2. The lowest BCUT2D eigenvalue weighted by molar-refractivity contribution is -0.179. The monoisotopic (exact) mass is 416 g/mol. The highest BCUT2D eigenvalue weighted by Crippen LogP contribution is 2.67. The number of hydrogen-bond acceptors (Lipinski definition) is 4. The van der Waals surface area contributed by atoms with Gasteiger partial charge in [-0.25, -0.2) is 0 Å². The molecule has 0 heterocycles. The Morgan fingerprint density at radius 2 is 1.67 bits per heavy atom. The third-order valence-corrected chi connectivity index (χ3v) is 9.80. The lowest BCUT2D eigenvalue weighted by Gasteiger charge is -2.59. The van der Waals surface area contributed by atoms with E-state index in [1.807, 2.05) is 13.8 Å². The van der Waals surface area contributed by atoms with Crippen molar-refractivity contribution in [2.75, 3.05) is 0 Å². The normalized spacial score (nSPS) is 44.9. The molecule has 0 radical (unpaired) electrons. The molecule has 0 aromatic heterocycles. The van der Waals surface area contributed by atoms with E-state index in [1.165, 1.54) is 18.4 Å². The standard InChI is InChI=1S/C26H40O4/c1-6-22(27)29-18-10-13-24(3)17(16-18)8-9-19-20(24)11-14-25(4)21(19)12-15-26(25,5)30-23(28)7-2/h8,18-21H,6-7,9-16H2,1-5H3/t18-,19?,20?,21?,24?,25?,26-/m0/s1. The highest BCUT2D eigenvalue weighted by molar-refractivity contribution is 5.69. The molecule has 0 spiro atoms. The number of rotatable bonds is 4. The minimum absolute atomic E-state index is 0.0563. The zero-order valence-corrected chi connectivity index (χ0v) is 19.6. The van der Waals surface area contributed by atoms with Crippen LogP contribution >= 0.6 is 0 Å². The van der Waals surface area contributed by atoms with E-state index in [0.29, 0.717) is 30.6 Å². The van der Waals surface area contributed by atoms with Crippen LogP contribution in [0.3, 0.4) is 0 Å². The van der Waals surface area contributed by atoms with Gasteiger partial charge in [0.15, 0.2) is 0 Å². The van der Waals surface area contributed by atoms with E-state index in [1.54, 1.807) is 0 Å². The number of ether oxygens (including phenoxy) is 2. The van der Waals surface area contributed by atoms with Gasteiger partial charge in [-0.15, -0.1) is 0 Å². The second-order valence-corrected chi connectivity index (χ2v) is 11.0. The molecule has 4 aliphatic rings. The molecule has 0 aromatic carbocycles. The molecule has 3 saturated carbocycles. The Bertz CT molecular complexity index is 741. The third kappa shape index (κ3) is 3.24. The average molecular weight is 417 g/mol. The van der Waals surface area contributed by atoms with Crippen LogP contribution in [0.1, 0.15) is 98.8 Å². The molecule has 4 aliphatic carbocycles. The zero-order chi connectivity index (χ0) is 21.7. The SMILES string of the molecule is CCC(=O)O[C@H]1CCC2(C)C(=CCC3C2CCC2(C)C3CC[C@]2(C)OC(=O)CC)C1. The summed E-state index contributed by atoms with van der Waals surface area (Å²) in [6.45, 7) is 10.8. The van der Waals surface area contributed by atoms with E-state index in [2.05, 4.69) is 26.8 Å². The summed E-state index contributed by atoms with van der Waals surface area (Å²) in [5, 5.41) is 0. The van der Waals surface area contributed by atoms with Crippen LogP contribution in [0.25, 0.3) is 0 Å². The Kier molecular flexibility index (Phi) is 5.60. The number of allylic oxidation sites excluding steroid dienone is 1. The van der Waals surface area contributed by atoms with Crippen LogP contribution in [0.2, 0.25) is 0 Å². The van der Waals surface area contributed by atoms with Crippen LogP contribution in [0.4, 0.5) is 0 Å². The fourth-order valence-electron chi connectivity index (χ4n) is 7.71. The number of hydrogen-bond donors (Lipinski definition) is 0. The molecule has 0 amide bonds. The molecule has 3 fully saturated rings. The van der Waals surface area contributed by atoms with Crippen LogP contribution in [-0.2, 0) is 19.1 Å². The van der Waals surface area contributed by atoms with Crippen molar-refractivity contribution in [3.8, 4) is 0 Å². The molecule has 0 aromatic rings. The molecule has 5 unspecified atom stereocenters. The predicted molar refractivity (Wildman–Crippen MR) is 117 cm³/mol. The molecule has 168 valence electrons. The second kappa shape index (κ2) is 7.67. The summed E-state index contributed by atoms with van der Waals surface area (Å²) in [4.78, 5) is 24.0. The highest BCUT2D eigenvalue weighted by atomic mass is 16.6. The Hall–Kier alpha value is -1.32. The van der Waals surface area contributed by atoms with E-state index in [9.17, 15) is 9.59 Å². The predicted octanol–water partition coefficient (Wildman–Crippen LogP) is 5.98. The Labute approximate surface area is 182 Å². The Morgan fingerprint density at radius 1 is 0.967 bits per heavy atom. The molecule has 0 saturated heterocycles. The van der Waals surface area contributed by atoms with Crippen molar-refractivity contribution in [3.63, 3.8) is 0 Å². The molecule has 0 aliphatic heterocycles. The quantitative estimate of drug-likeness (QED) is 0.418. The van der Waals surface area contributed by atoms with Gasteiger partial charge in [0.2, 0.25) is 0 Å². The van der Waals surface area contributed by atoms with Gasteiger partial charge in [-0.05, 0) is 75.0 Å². The maximum absolute atomic E-state index is 12.2. The molecule has 0 N–H and O–H groups in total. The first-order valence-corrected chi connectivity index (χ1v) is 12.3. The fraction of sp³-hybridized carbons (Fsp3) is 0.846. The van der Waals surface area contributed by atoms with Crippen molar-refractivity contribution in [1.29, 1.82) is 0 Å². The molecule has 4 nitrogen and oxygen atoms in total.